The number of hydrogen-bond donors (Lipinski definition) is 1. The van der Waals surface area contributed by atoms with Gasteiger partial charge in [0, 0.05) is 32.2 Å². The Morgan fingerprint density at radius 3 is 2.48 bits per heavy atom. The zero-order valence-corrected chi connectivity index (χ0v) is 19.1. The molecule has 152 valence electrons. The van der Waals surface area contributed by atoms with Crippen LogP contribution in [-0.2, 0) is 14.8 Å². The summed E-state index contributed by atoms with van der Waals surface area (Å²) in [5, 5.41) is 3.22. The molecule has 0 bridgehead atoms. The van der Waals surface area contributed by atoms with Gasteiger partial charge in [0.1, 0.15) is 4.21 Å². The molecule has 3 rings (SSSR count). The summed E-state index contributed by atoms with van der Waals surface area (Å²) in [5.41, 5.74) is 0. The number of amides is 1. The van der Waals surface area contributed by atoms with Gasteiger partial charge in [0.2, 0.25) is 5.91 Å². The number of rotatable bonds is 5. The van der Waals surface area contributed by atoms with Crippen LogP contribution in [0.1, 0.15) is 39.5 Å². The first kappa shape index (κ1) is 21.2. The van der Waals surface area contributed by atoms with Crippen LogP contribution >= 0.6 is 27.3 Å². The second-order valence-corrected chi connectivity index (χ2v) is 12.2. The van der Waals surface area contributed by atoms with Gasteiger partial charge >= 0.3 is 0 Å². The van der Waals surface area contributed by atoms with Crippen LogP contribution in [-0.4, -0.2) is 61.8 Å². The van der Waals surface area contributed by atoms with Crippen molar-refractivity contribution in [2.24, 2.45) is 5.92 Å². The minimum absolute atomic E-state index is 0.0623. The summed E-state index contributed by atoms with van der Waals surface area (Å²) in [5.74, 6) is 0.592. The van der Waals surface area contributed by atoms with Crippen molar-refractivity contribution in [3.63, 3.8) is 0 Å². The number of carbonyl (C=O) groups excluding carboxylic acids is 1. The third-order valence-electron chi connectivity index (χ3n) is 5.78. The number of thiophene rings is 1. The molecule has 1 saturated carbocycles. The summed E-state index contributed by atoms with van der Waals surface area (Å²) < 4.78 is 28.1. The van der Waals surface area contributed by atoms with Crippen LogP contribution in [0.3, 0.4) is 0 Å². The van der Waals surface area contributed by atoms with Crippen molar-refractivity contribution in [2.75, 3.05) is 26.2 Å². The van der Waals surface area contributed by atoms with Gasteiger partial charge in [-0.3, -0.25) is 9.69 Å². The molecular formula is C18H28BrN3O3S2. The molecule has 9 heteroatoms. The average molecular weight is 478 g/mol. The minimum atomic E-state index is -3.45. The number of sulfonamides is 1. The van der Waals surface area contributed by atoms with Crippen LogP contribution in [0.25, 0.3) is 0 Å². The van der Waals surface area contributed by atoms with Gasteiger partial charge in [0.25, 0.3) is 10.0 Å². The van der Waals surface area contributed by atoms with Crippen molar-refractivity contribution in [3.05, 3.63) is 15.9 Å². The fourth-order valence-electron chi connectivity index (χ4n) is 3.89. The topological polar surface area (TPSA) is 69.7 Å². The molecule has 2 heterocycles. The van der Waals surface area contributed by atoms with E-state index in [0.717, 1.165) is 10.2 Å². The third kappa shape index (κ3) is 4.93. The molecule has 1 amide bonds. The molecule has 1 N–H and O–H groups in total. The summed E-state index contributed by atoms with van der Waals surface area (Å²) in [6, 6.07) is 3.43. The predicted octanol–water partition coefficient (Wildman–Crippen LogP) is 2.90. The lowest BCUT2D eigenvalue weighted by molar-refractivity contribution is -0.127. The van der Waals surface area contributed by atoms with E-state index in [-0.39, 0.29) is 18.0 Å². The molecular weight excluding hydrogens is 450 g/mol. The van der Waals surface area contributed by atoms with Gasteiger partial charge in [-0.1, -0.05) is 19.8 Å². The number of piperazine rings is 1. The zero-order chi connectivity index (χ0) is 19.6. The van der Waals surface area contributed by atoms with E-state index in [0.29, 0.717) is 36.3 Å². The van der Waals surface area contributed by atoms with Gasteiger partial charge in [-0.2, -0.15) is 4.31 Å². The first-order valence-corrected chi connectivity index (χ1v) is 12.6. The highest BCUT2D eigenvalue weighted by Crippen LogP contribution is 2.29. The second-order valence-electron chi connectivity index (χ2n) is 7.55. The van der Waals surface area contributed by atoms with Gasteiger partial charge < -0.3 is 5.32 Å². The number of hydrogen-bond acceptors (Lipinski definition) is 5. The molecule has 6 nitrogen and oxygen atoms in total. The highest BCUT2D eigenvalue weighted by Gasteiger charge is 2.33. The lowest BCUT2D eigenvalue weighted by Gasteiger charge is -2.38. The van der Waals surface area contributed by atoms with Crippen LogP contribution in [0.4, 0.5) is 0 Å². The summed E-state index contributed by atoms with van der Waals surface area (Å²) in [7, 11) is -3.45. The molecule has 2 aliphatic rings. The van der Waals surface area contributed by atoms with Gasteiger partial charge in [0.15, 0.2) is 0 Å². The lowest BCUT2D eigenvalue weighted by atomic mass is 9.86. The van der Waals surface area contributed by atoms with E-state index in [2.05, 4.69) is 33.1 Å². The van der Waals surface area contributed by atoms with Crippen molar-refractivity contribution in [1.82, 2.24) is 14.5 Å². The maximum atomic E-state index is 12.7. The lowest BCUT2D eigenvalue weighted by Crippen LogP contribution is -2.56. The average Bonchev–Trinajstić information content (AvgIpc) is 3.10. The molecule has 3 atom stereocenters. The van der Waals surface area contributed by atoms with E-state index < -0.39 is 10.0 Å². The molecule has 1 saturated heterocycles. The van der Waals surface area contributed by atoms with E-state index in [9.17, 15) is 13.2 Å². The number of nitrogens with zero attached hydrogens (tertiary/aromatic N) is 2. The summed E-state index contributed by atoms with van der Waals surface area (Å²) in [6.45, 7) is 6.09. The quantitative estimate of drug-likeness (QED) is 0.707. The Labute approximate surface area is 174 Å². The van der Waals surface area contributed by atoms with Crippen LogP contribution in [0.5, 0.6) is 0 Å². The predicted molar refractivity (Wildman–Crippen MR) is 111 cm³/mol. The Morgan fingerprint density at radius 2 is 1.89 bits per heavy atom. The molecule has 27 heavy (non-hydrogen) atoms. The SMILES string of the molecule is CC1CCCCC1NC(=O)C(C)N1CCN(S(=O)(=O)c2ccc(Br)s2)CC1. The summed E-state index contributed by atoms with van der Waals surface area (Å²) in [6.07, 6.45) is 4.66. The van der Waals surface area contributed by atoms with Crippen molar-refractivity contribution in [3.8, 4) is 0 Å². The Balaban J connectivity index is 1.54. The van der Waals surface area contributed by atoms with Gasteiger partial charge in [-0.25, -0.2) is 8.42 Å². The maximum Gasteiger partial charge on any atom is 0.252 e. The highest BCUT2D eigenvalue weighted by atomic mass is 79.9. The molecule has 0 spiro atoms. The van der Waals surface area contributed by atoms with Gasteiger partial charge in [-0.05, 0) is 53.7 Å². The van der Waals surface area contributed by atoms with Gasteiger partial charge in [-0.15, -0.1) is 11.3 Å². The molecule has 1 aliphatic carbocycles. The molecule has 1 aromatic rings. The fraction of sp³-hybridized carbons (Fsp3) is 0.722. The number of nitrogens with one attached hydrogen (secondary N) is 1. The summed E-state index contributed by atoms with van der Waals surface area (Å²) >= 11 is 4.55. The minimum Gasteiger partial charge on any atom is -0.352 e. The number of halogens is 1. The normalized spacial score (nSPS) is 26.6. The van der Waals surface area contributed by atoms with Crippen LogP contribution in [0.2, 0.25) is 0 Å². The molecule has 0 radical (unpaired) electrons. The first-order valence-electron chi connectivity index (χ1n) is 9.59. The van der Waals surface area contributed by atoms with E-state index in [1.807, 2.05) is 6.92 Å². The first-order chi connectivity index (χ1) is 12.8. The number of carbonyl (C=O) groups is 1. The largest absolute Gasteiger partial charge is 0.352 e. The smallest absolute Gasteiger partial charge is 0.252 e. The van der Waals surface area contributed by atoms with Crippen LogP contribution < -0.4 is 5.32 Å². The molecule has 3 unspecified atom stereocenters. The monoisotopic (exact) mass is 477 g/mol. The van der Waals surface area contributed by atoms with Crippen molar-refractivity contribution in [2.45, 2.75) is 55.8 Å². The van der Waals surface area contributed by atoms with Gasteiger partial charge in [0.05, 0.1) is 9.83 Å². The van der Waals surface area contributed by atoms with Crippen molar-refractivity contribution in [1.29, 1.82) is 0 Å². The van der Waals surface area contributed by atoms with Crippen LogP contribution in [0.15, 0.2) is 20.1 Å². The fourth-order valence-corrected chi connectivity index (χ4v) is 7.48. The third-order valence-corrected chi connectivity index (χ3v) is 9.77. The Bertz CT molecular complexity index is 760. The molecule has 0 aromatic carbocycles. The van der Waals surface area contributed by atoms with E-state index in [1.54, 1.807) is 12.1 Å². The molecule has 1 aromatic heterocycles. The molecule has 1 aliphatic heterocycles. The molecule has 2 fully saturated rings. The van der Waals surface area contributed by atoms with E-state index in [1.165, 1.54) is 34.9 Å². The highest BCUT2D eigenvalue weighted by molar-refractivity contribution is 9.11. The standard InChI is InChI=1S/C18H28BrN3O3S2/c1-13-5-3-4-6-15(13)20-18(23)14(2)21-9-11-22(12-10-21)27(24,25)17-8-7-16(19)26-17/h7-8,13-15H,3-6,9-12H2,1-2H3,(H,20,23). The second kappa shape index (κ2) is 8.90. The Kier molecular flexibility index (Phi) is 7.00. The summed E-state index contributed by atoms with van der Waals surface area (Å²) in [4.78, 5) is 14.8. The Hall–Kier alpha value is -0.480. The van der Waals surface area contributed by atoms with E-state index in [4.69, 9.17) is 0 Å². The zero-order valence-electron chi connectivity index (χ0n) is 15.9. The van der Waals surface area contributed by atoms with Crippen molar-refractivity contribution < 1.29 is 13.2 Å². The van der Waals surface area contributed by atoms with Crippen LogP contribution in [0, 0.1) is 5.92 Å². The van der Waals surface area contributed by atoms with Crippen molar-refractivity contribution >= 4 is 43.2 Å². The maximum absolute atomic E-state index is 12.7. The van der Waals surface area contributed by atoms with E-state index >= 15 is 0 Å². The Morgan fingerprint density at radius 1 is 1.22 bits per heavy atom.